The number of hydrogen-bond acceptors (Lipinski definition) is 12. The fourth-order valence-corrected chi connectivity index (χ4v) is 14.8. The summed E-state index contributed by atoms with van der Waals surface area (Å²) >= 11 is 0. The molecule has 13 saturated heterocycles. The molecule has 0 aromatic heterocycles. The number of carbonyl (C=O) groups is 12. The zero-order valence-electron chi connectivity index (χ0n) is 44.8. The zero-order valence-corrected chi connectivity index (χ0v) is 44.8. The van der Waals surface area contributed by atoms with E-state index in [1.807, 2.05) is 0 Å². The molecule has 36 heteroatoms. The number of rotatable bonds is 0. The topological polar surface area (TPSA) is 283 Å². The van der Waals surface area contributed by atoms with E-state index in [2.05, 4.69) is 0 Å². The molecular formula is C42H60N24O12. The van der Waals surface area contributed by atoms with Gasteiger partial charge in [0.05, 0.1) is 0 Å². The molecule has 12 unspecified atom stereocenters. The Kier molecular flexibility index (Phi) is 9.69. The van der Waals surface area contributed by atoms with Crippen LogP contribution in [0.1, 0.15) is 0 Å². The van der Waals surface area contributed by atoms with E-state index in [1.165, 1.54) is 202 Å². The zero-order chi connectivity index (χ0) is 56.0. The van der Waals surface area contributed by atoms with E-state index < -0.39 is 186 Å². The van der Waals surface area contributed by atoms with Crippen LogP contribution in [-0.4, -0.2) is 389 Å². The third kappa shape index (κ3) is 5.52. The molecule has 0 saturated carbocycles. The van der Waals surface area contributed by atoms with Gasteiger partial charge in [-0.15, -0.1) is 0 Å². The molecule has 36 nitrogen and oxygen atoms in total. The molecule has 13 rings (SSSR count). The van der Waals surface area contributed by atoms with E-state index in [9.17, 15) is 28.8 Å². The van der Waals surface area contributed by atoms with Gasteiger partial charge in [0, 0.05) is 84.6 Å². The van der Waals surface area contributed by atoms with Crippen LogP contribution < -0.4 is 0 Å². The molecule has 13 aliphatic heterocycles. The van der Waals surface area contributed by atoms with Gasteiger partial charge in [-0.3, -0.25) is 58.8 Å². The van der Waals surface area contributed by atoms with Crippen LogP contribution >= 0.6 is 0 Å². The van der Waals surface area contributed by atoms with Crippen molar-refractivity contribution in [2.75, 3.05) is 125 Å². The second kappa shape index (κ2) is 15.5. The second-order valence-corrected chi connectivity index (χ2v) is 22.2. The molecule has 12 atom stereocenters. The summed E-state index contributed by atoms with van der Waals surface area (Å²) in [4.78, 5) is 207. The summed E-state index contributed by atoms with van der Waals surface area (Å²) in [5.41, 5.74) is 0. The summed E-state index contributed by atoms with van der Waals surface area (Å²) in [7, 11) is 17.8. The number of likely N-dealkylation sites (N-methyl/N-ethyl adjacent to an activating group) is 12. The van der Waals surface area contributed by atoms with Crippen LogP contribution in [0.5, 0.6) is 0 Å². The van der Waals surface area contributed by atoms with E-state index in [1.54, 1.807) is 0 Å². The van der Waals surface area contributed by atoms with Crippen LogP contribution in [0.3, 0.4) is 0 Å². The predicted octanol–water partition coefficient (Wildman–Crippen LogP) is -3.93. The van der Waals surface area contributed by atoms with Crippen molar-refractivity contribution in [1.82, 2.24) is 118 Å². The fraction of sp³-hybridized carbons (Fsp3) is 0.714. The average molecular weight is 1090 g/mol. The van der Waals surface area contributed by atoms with Gasteiger partial charge in [0.15, 0.2) is 74.0 Å². The van der Waals surface area contributed by atoms with Gasteiger partial charge in [-0.1, -0.05) is 0 Å². The highest BCUT2D eigenvalue weighted by Crippen LogP contribution is 2.45. The van der Waals surface area contributed by atoms with Crippen LogP contribution in [0.2, 0.25) is 0 Å². The quantitative estimate of drug-likeness (QED) is 0.225. The molecule has 0 radical (unpaired) electrons. The number of amides is 24. The summed E-state index contributed by atoms with van der Waals surface area (Å²) in [5.74, 6) is 0. The van der Waals surface area contributed by atoms with Crippen molar-refractivity contribution in [2.24, 2.45) is 0 Å². The Hall–Kier alpha value is -8.76. The van der Waals surface area contributed by atoms with Crippen molar-refractivity contribution in [3.8, 4) is 0 Å². The van der Waals surface area contributed by atoms with Crippen LogP contribution in [0.4, 0.5) is 57.5 Å². The molecule has 0 spiro atoms. The highest BCUT2D eigenvalue weighted by molar-refractivity contribution is 5.92. The Morgan fingerprint density at radius 2 is 0.244 bits per heavy atom. The van der Waals surface area contributed by atoms with Gasteiger partial charge in [0.25, 0.3) is 0 Å². The first-order chi connectivity index (χ1) is 36.8. The van der Waals surface area contributed by atoms with Gasteiger partial charge in [0.1, 0.15) is 40.0 Å². The lowest BCUT2D eigenvalue weighted by Gasteiger charge is -2.35. The fourth-order valence-electron chi connectivity index (χ4n) is 14.8. The third-order valence-corrected chi connectivity index (χ3v) is 18.6. The molecule has 0 aliphatic carbocycles. The lowest BCUT2D eigenvalue weighted by molar-refractivity contribution is 0.0596. The molecule has 0 N–H and O–H groups in total. The first-order valence-corrected chi connectivity index (χ1v) is 25.2. The van der Waals surface area contributed by atoms with Gasteiger partial charge in [-0.25, -0.2) is 57.5 Å². The van der Waals surface area contributed by atoms with Crippen molar-refractivity contribution in [3.05, 3.63) is 0 Å². The van der Waals surface area contributed by atoms with Gasteiger partial charge in [-0.2, -0.15) is 0 Å². The van der Waals surface area contributed by atoms with Gasteiger partial charge < -0.3 is 58.8 Å². The molecule has 78 heavy (non-hydrogen) atoms. The Labute approximate surface area is 445 Å². The van der Waals surface area contributed by atoms with Gasteiger partial charge >= 0.3 is 72.4 Å². The van der Waals surface area contributed by atoms with Crippen molar-refractivity contribution in [1.29, 1.82) is 0 Å². The summed E-state index contributed by atoms with van der Waals surface area (Å²) in [6, 6.07) is -7.36. The summed E-state index contributed by atoms with van der Waals surface area (Å²) in [5, 5.41) is 0. The standard InChI is InChI=1S/C42H60N24O12/c1-43-19-20(44(2)31(43)67)56-14-58-23-24(48(6)33(69)47(23)5)60(39(58)75)16-62-27-28(52(10)35(71)51(27)9)64(41(62)77)18-66-30-29(53(11)36(72)54(30)12)65(42(66)78)17-63-26-25(49(7)34(70)50(26)8)61(40(63)76)15-59-22-21(45(3)32(68)46(22)4)57(38(59)74)13-55(19)37(56)73/h19-30H,13-18H2,1-12H3. The number of carbonyl (C=O) groups excluding carboxylic acids is 12. The molecule has 13 fully saturated rings. The van der Waals surface area contributed by atoms with Crippen molar-refractivity contribution < 1.29 is 57.5 Å². The number of fused-ring (bicyclic) bond motifs is 30. The first-order valence-electron chi connectivity index (χ1n) is 25.2. The minimum atomic E-state index is -1.08. The van der Waals surface area contributed by atoms with Crippen LogP contribution in [0.15, 0.2) is 0 Å². The van der Waals surface area contributed by atoms with Crippen molar-refractivity contribution >= 4 is 72.4 Å². The lowest BCUT2D eigenvalue weighted by Crippen LogP contribution is -2.56. The largest absolute Gasteiger partial charge is 0.326 e. The van der Waals surface area contributed by atoms with Crippen LogP contribution in [-0.2, 0) is 0 Å². The summed E-state index contributed by atoms with van der Waals surface area (Å²) < 4.78 is 0. The molecule has 24 amide bonds. The smallest absolute Gasteiger partial charge is 0.303 e. The molecule has 13 heterocycles. The second-order valence-electron chi connectivity index (χ2n) is 22.2. The third-order valence-electron chi connectivity index (χ3n) is 18.6. The van der Waals surface area contributed by atoms with Gasteiger partial charge in [0.2, 0.25) is 0 Å². The normalized spacial score (nSPS) is 35.8. The van der Waals surface area contributed by atoms with E-state index in [-0.39, 0.29) is 0 Å². The number of urea groups is 12. The van der Waals surface area contributed by atoms with Crippen molar-refractivity contribution in [2.45, 2.75) is 74.0 Å². The minimum absolute atomic E-state index is 0.504. The maximum absolute atomic E-state index is 15.3. The molecule has 12 bridgehead atoms. The van der Waals surface area contributed by atoms with E-state index >= 15 is 28.8 Å². The monoisotopic (exact) mass is 1090 g/mol. The molecule has 0 aromatic carbocycles. The lowest BCUT2D eigenvalue weighted by atomic mass is 10.3. The van der Waals surface area contributed by atoms with E-state index in [4.69, 9.17) is 0 Å². The minimum Gasteiger partial charge on any atom is -0.303 e. The number of hydrogen-bond donors (Lipinski definition) is 0. The maximum atomic E-state index is 15.3. The maximum Gasteiger partial charge on any atom is 0.326 e. The Bertz CT molecular complexity index is 2230. The Morgan fingerprint density at radius 3 is 0.321 bits per heavy atom. The molecular weight excluding hydrogens is 1030 g/mol. The Morgan fingerprint density at radius 1 is 0.167 bits per heavy atom. The van der Waals surface area contributed by atoms with Crippen molar-refractivity contribution in [3.63, 3.8) is 0 Å². The predicted molar refractivity (Wildman–Crippen MR) is 255 cm³/mol. The first kappa shape index (κ1) is 48.9. The van der Waals surface area contributed by atoms with Gasteiger partial charge in [-0.05, 0) is 0 Å². The molecule has 13 aliphatic rings. The highest BCUT2D eigenvalue weighted by Gasteiger charge is 2.69. The SMILES string of the molecule is CN1C(=O)N(C)C2C1N1CN3C(=O)N(CN4C(=O)N(CN5C(=O)N(CN6C(=O)N(CN7C(=O)N(CN2C1=O)C1C7N(C)C(=O)N1C)C1C6N(C)C(=O)N1C)C1C5N(C)C(=O)N1C)C1C4N(C)C(=O)N1C)C1C3N(C)C(=O)N1C. The summed E-state index contributed by atoms with van der Waals surface area (Å²) in [6.45, 7) is -3.09. The summed E-state index contributed by atoms with van der Waals surface area (Å²) in [6.07, 6.45) is -13.0. The van der Waals surface area contributed by atoms with Crippen LogP contribution in [0.25, 0.3) is 0 Å². The molecule has 0 aromatic rings. The van der Waals surface area contributed by atoms with E-state index in [0.717, 1.165) is 0 Å². The Balaban J connectivity index is 0.952. The van der Waals surface area contributed by atoms with E-state index in [0.29, 0.717) is 0 Å². The highest BCUT2D eigenvalue weighted by atomic mass is 16.2. The molecule has 420 valence electrons. The number of nitrogens with zero attached hydrogens (tertiary/aromatic N) is 24. The van der Waals surface area contributed by atoms with Crippen LogP contribution in [0, 0.1) is 0 Å². The average Bonchev–Trinajstić information content (AvgIpc) is 4.37.